The molecule has 0 aromatic rings. The number of piperidine rings is 1. The fourth-order valence-electron chi connectivity index (χ4n) is 2.47. The van der Waals surface area contributed by atoms with E-state index in [2.05, 4.69) is 37.8 Å². The number of rotatable bonds is 0. The lowest BCUT2D eigenvalue weighted by atomic mass is 9.90. The van der Waals surface area contributed by atoms with Crippen molar-refractivity contribution in [3.05, 3.63) is 23.4 Å². The molecule has 1 aliphatic carbocycles. The van der Waals surface area contributed by atoms with Gasteiger partial charge in [-0.25, -0.2) is 0 Å². The van der Waals surface area contributed by atoms with Crippen molar-refractivity contribution < 1.29 is 0 Å². The van der Waals surface area contributed by atoms with E-state index in [1.807, 2.05) is 0 Å². The molecule has 1 fully saturated rings. The highest BCUT2D eigenvalue weighted by molar-refractivity contribution is 5.35. The van der Waals surface area contributed by atoms with Gasteiger partial charge in [-0.2, -0.15) is 0 Å². The van der Waals surface area contributed by atoms with E-state index < -0.39 is 0 Å². The molecule has 1 saturated heterocycles. The molecule has 0 spiro atoms. The van der Waals surface area contributed by atoms with Crippen LogP contribution in [-0.2, 0) is 0 Å². The van der Waals surface area contributed by atoms with Crippen molar-refractivity contribution in [3.8, 4) is 0 Å². The molecule has 2 rings (SSSR count). The molecule has 0 N–H and O–H groups in total. The molecule has 0 saturated carbocycles. The third-order valence-electron chi connectivity index (χ3n) is 3.15. The summed E-state index contributed by atoms with van der Waals surface area (Å²) in [5.41, 5.74) is 3.40. The molecule has 1 aliphatic heterocycles. The number of fused-ring (bicyclic) bond motifs is 1. The van der Waals surface area contributed by atoms with Crippen LogP contribution in [0.1, 0.15) is 46.5 Å². The van der Waals surface area contributed by atoms with Gasteiger partial charge in [0.15, 0.2) is 0 Å². The maximum absolute atomic E-state index is 2.57. The molecule has 1 heterocycles. The van der Waals surface area contributed by atoms with Crippen LogP contribution in [0.5, 0.6) is 0 Å². The van der Waals surface area contributed by atoms with Crippen LogP contribution in [0.25, 0.3) is 0 Å². The van der Waals surface area contributed by atoms with Gasteiger partial charge in [-0.3, -0.25) is 0 Å². The van der Waals surface area contributed by atoms with Gasteiger partial charge in [0.25, 0.3) is 0 Å². The molecule has 0 radical (unpaired) electrons. The van der Waals surface area contributed by atoms with Gasteiger partial charge >= 0.3 is 0 Å². The first-order chi connectivity index (χ1) is 6.59. The normalized spacial score (nSPS) is 22.6. The summed E-state index contributed by atoms with van der Waals surface area (Å²) in [6.07, 6.45) is 9.95. The summed E-state index contributed by atoms with van der Waals surface area (Å²) in [4.78, 5) is 2.57. The number of hydrogen-bond donors (Lipinski definition) is 0. The van der Waals surface area contributed by atoms with E-state index in [9.17, 15) is 0 Å². The van der Waals surface area contributed by atoms with E-state index in [4.69, 9.17) is 0 Å². The Bertz CT molecular complexity index is 278. The number of allylic oxidation sites excluding steroid dienone is 3. The minimum Gasteiger partial charge on any atom is -0.367 e. The average Bonchev–Trinajstić information content (AvgIpc) is 2.15. The second kappa shape index (κ2) is 3.45. The molecular weight excluding hydrogens is 170 g/mol. The van der Waals surface area contributed by atoms with Gasteiger partial charge in [-0.1, -0.05) is 12.2 Å². The number of nitrogens with zero attached hydrogens (tertiary/aromatic N) is 1. The zero-order chi connectivity index (χ0) is 10.2. The minimum absolute atomic E-state index is 0.280. The van der Waals surface area contributed by atoms with E-state index in [1.54, 1.807) is 5.57 Å². The summed E-state index contributed by atoms with van der Waals surface area (Å²) >= 11 is 0. The summed E-state index contributed by atoms with van der Waals surface area (Å²) in [7, 11) is 0. The van der Waals surface area contributed by atoms with E-state index >= 15 is 0 Å². The standard InChI is InChI=1S/C13H21N/c1-13(2,3)14-10-6-8-11-7-4-5-9-12(11)14/h7,9H,4-6,8,10H2,1-3H3. The fourth-order valence-corrected chi connectivity index (χ4v) is 2.47. The summed E-state index contributed by atoms with van der Waals surface area (Å²) in [6, 6.07) is 0. The lowest BCUT2D eigenvalue weighted by Gasteiger charge is -2.44. The third kappa shape index (κ3) is 1.73. The van der Waals surface area contributed by atoms with Crippen LogP contribution < -0.4 is 0 Å². The Kier molecular flexibility index (Phi) is 2.42. The van der Waals surface area contributed by atoms with E-state index in [1.165, 1.54) is 37.9 Å². The minimum atomic E-state index is 0.280. The van der Waals surface area contributed by atoms with Crippen molar-refractivity contribution in [1.29, 1.82) is 0 Å². The SMILES string of the molecule is CC(C)(C)N1CCCC2=CCCC=C21. The average molecular weight is 191 g/mol. The molecule has 0 aromatic carbocycles. The second-order valence-electron chi connectivity index (χ2n) is 5.32. The lowest BCUT2D eigenvalue weighted by Crippen LogP contribution is -2.44. The second-order valence-corrected chi connectivity index (χ2v) is 5.32. The monoisotopic (exact) mass is 191 g/mol. The van der Waals surface area contributed by atoms with Crippen molar-refractivity contribution in [2.24, 2.45) is 0 Å². The Balaban J connectivity index is 2.27. The predicted molar refractivity (Wildman–Crippen MR) is 61.1 cm³/mol. The molecular formula is C13H21N. The fraction of sp³-hybridized carbons (Fsp3) is 0.692. The van der Waals surface area contributed by atoms with Crippen molar-refractivity contribution in [2.75, 3.05) is 6.54 Å². The van der Waals surface area contributed by atoms with E-state index in [0.29, 0.717) is 0 Å². The predicted octanol–water partition coefficient (Wildman–Crippen LogP) is 3.48. The Morgan fingerprint density at radius 1 is 1.14 bits per heavy atom. The molecule has 0 amide bonds. The highest BCUT2D eigenvalue weighted by atomic mass is 15.2. The van der Waals surface area contributed by atoms with Crippen molar-refractivity contribution >= 4 is 0 Å². The highest BCUT2D eigenvalue weighted by Gasteiger charge is 2.28. The van der Waals surface area contributed by atoms with Gasteiger partial charge in [0.1, 0.15) is 0 Å². The van der Waals surface area contributed by atoms with Gasteiger partial charge in [0.2, 0.25) is 0 Å². The molecule has 0 unspecified atom stereocenters. The molecule has 78 valence electrons. The van der Waals surface area contributed by atoms with E-state index in [0.717, 1.165) is 0 Å². The van der Waals surface area contributed by atoms with Crippen LogP contribution in [0.2, 0.25) is 0 Å². The smallest absolute Gasteiger partial charge is 0.0359 e. The van der Waals surface area contributed by atoms with Crippen LogP contribution in [0, 0.1) is 0 Å². The number of hydrogen-bond acceptors (Lipinski definition) is 1. The maximum Gasteiger partial charge on any atom is 0.0359 e. The Morgan fingerprint density at radius 3 is 2.57 bits per heavy atom. The zero-order valence-electron chi connectivity index (χ0n) is 9.64. The molecule has 0 atom stereocenters. The van der Waals surface area contributed by atoms with Crippen LogP contribution in [0.4, 0.5) is 0 Å². The largest absolute Gasteiger partial charge is 0.367 e. The summed E-state index contributed by atoms with van der Waals surface area (Å²) in [6.45, 7) is 8.16. The van der Waals surface area contributed by atoms with Gasteiger partial charge in [-0.15, -0.1) is 0 Å². The van der Waals surface area contributed by atoms with Crippen molar-refractivity contribution in [2.45, 2.75) is 52.0 Å². The summed E-state index contributed by atoms with van der Waals surface area (Å²) in [5.74, 6) is 0. The quantitative estimate of drug-likeness (QED) is 0.566. The summed E-state index contributed by atoms with van der Waals surface area (Å²) in [5, 5.41) is 0. The van der Waals surface area contributed by atoms with Gasteiger partial charge in [-0.05, 0) is 52.0 Å². The Labute approximate surface area is 87.5 Å². The molecule has 2 aliphatic rings. The lowest BCUT2D eigenvalue weighted by molar-refractivity contribution is 0.172. The molecule has 14 heavy (non-hydrogen) atoms. The van der Waals surface area contributed by atoms with Gasteiger partial charge < -0.3 is 4.90 Å². The van der Waals surface area contributed by atoms with Crippen LogP contribution >= 0.6 is 0 Å². The molecule has 1 nitrogen and oxygen atoms in total. The van der Waals surface area contributed by atoms with Gasteiger partial charge in [0, 0.05) is 17.8 Å². The Hall–Kier alpha value is -0.720. The first kappa shape index (κ1) is 9.82. The topological polar surface area (TPSA) is 3.24 Å². The summed E-state index contributed by atoms with van der Waals surface area (Å²) < 4.78 is 0. The van der Waals surface area contributed by atoms with Crippen LogP contribution in [-0.4, -0.2) is 17.0 Å². The van der Waals surface area contributed by atoms with Gasteiger partial charge in [0.05, 0.1) is 0 Å². The Morgan fingerprint density at radius 2 is 1.86 bits per heavy atom. The highest BCUT2D eigenvalue weighted by Crippen LogP contribution is 2.34. The first-order valence-electron chi connectivity index (χ1n) is 5.76. The van der Waals surface area contributed by atoms with E-state index in [-0.39, 0.29) is 5.54 Å². The molecule has 0 aromatic heterocycles. The molecule has 1 heteroatoms. The zero-order valence-corrected chi connectivity index (χ0v) is 9.64. The van der Waals surface area contributed by atoms with Crippen molar-refractivity contribution in [3.63, 3.8) is 0 Å². The third-order valence-corrected chi connectivity index (χ3v) is 3.15. The van der Waals surface area contributed by atoms with Crippen LogP contribution in [0.15, 0.2) is 23.4 Å². The maximum atomic E-state index is 2.57. The number of likely N-dealkylation sites (tertiary alicyclic amines) is 1. The van der Waals surface area contributed by atoms with Crippen molar-refractivity contribution in [1.82, 2.24) is 4.90 Å². The van der Waals surface area contributed by atoms with Crippen LogP contribution in [0.3, 0.4) is 0 Å². The first-order valence-corrected chi connectivity index (χ1v) is 5.76. The molecule has 0 bridgehead atoms.